The maximum absolute atomic E-state index is 14.0. The maximum atomic E-state index is 14.0. The molecule has 5 rings (SSSR count). The number of halogens is 2. The second kappa shape index (κ2) is 5.42. The van der Waals surface area contributed by atoms with Crippen molar-refractivity contribution in [3.8, 4) is 0 Å². The lowest BCUT2D eigenvalue weighted by Gasteiger charge is -2.60. The van der Waals surface area contributed by atoms with Gasteiger partial charge in [0.25, 0.3) is 0 Å². The second-order valence-corrected chi connectivity index (χ2v) is 9.97. The minimum atomic E-state index is -2.43. The summed E-state index contributed by atoms with van der Waals surface area (Å²) in [5.41, 5.74) is 1.76. The van der Waals surface area contributed by atoms with E-state index in [-0.39, 0.29) is 29.6 Å². The fourth-order valence-electron chi connectivity index (χ4n) is 7.52. The zero-order chi connectivity index (χ0) is 18.2. The van der Waals surface area contributed by atoms with E-state index in [2.05, 4.69) is 35.7 Å². The van der Waals surface area contributed by atoms with Gasteiger partial charge >= 0.3 is 0 Å². The van der Waals surface area contributed by atoms with Gasteiger partial charge in [0.2, 0.25) is 5.92 Å². The summed E-state index contributed by atoms with van der Waals surface area (Å²) in [7, 11) is 0. The van der Waals surface area contributed by atoms with Crippen LogP contribution in [0, 0.1) is 34.5 Å². The van der Waals surface area contributed by atoms with Gasteiger partial charge in [-0.05, 0) is 67.6 Å². The molecule has 26 heavy (non-hydrogen) atoms. The summed E-state index contributed by atoms with van der Waals surface area (Å²) in [5, 5.41) is 0. The lowest BCUT2D eigenvalue weighted by molar-refractivity contribution is -0.158. The van der Waals surface area contributed by atoms with Crippen molar-refractivity contribution in [1.29, 1.82) is 0 Å². The van der Waals surface area contributed by atoms with Gasteiger partial charge in [0.1, 0.15) is 0 Å². The highest BCUT2D eigenvalue weighted by molar-refractivity contribution is 5.56. The Bertz CT molecular complexity index is 725. The molecular formula is C22H30F2N2. The first-order chi connectivity index (χ1) is 12.3. The highest BCUT2D eigenvalue weighted by Gasteiger charge is 2.60. The van der Waals surface area contributed by atoms with Crippen molar-refractivity contribution in [2.45, 2.75) is 71.1 Å². The number of hydrogen-bond donors (Lipinski definition) is 0. The molecule has 4 unspecified atom stereocenters. The van der Waals surface area contributed by atoms with Crippen LogP contribution in [0.15, 0.2) is 24.8 Å². The van der Waals surface area contributed by atoms with E-state index >= 15 is 0 Å². The second-order valence-electron chi connectivity index (χ2n) is 9.97. The van der Waals surface area contributed by atoms with Gasteiger partial charge in [-0.15, -0.1) is 0 Å². The first kappa shape index (κ1) is 16.9. The van der Waals surface area contributed by atoms with Crippen molar-refractivity contribution in [3.63, 3.8) is 0 Å². The van der Waals surface area contributed by atoms with Gasteiger partial charge in [-0.3, -0.25) is 0 Å². The lowest BCUT2D eigenvalue weighted by atomic mass is 9.45. The van der Waals surface area contributed by atoms with Gasteiger partial charge in [0.05, 0.1) is 6.33 Å². The van der Waals surface area contributed by atoms with Gasteiger partial charge in [-0.1, -0.05) is 19.9 Å². The molecule has 6 atom stereocenters. The SMILES string of the molecule is C[C@]12CCC(F)(F)CC1CCC1C2CC[C@]2(C)C(n3ccnc3)=CCC12. The number of aromatic nitrogens is 2. The van der Waals surface area contributed by atoms with E-state index in [0.717, 1.165) is 25.7 Å². The van der Waals surface area contributed by atoms with E-state index in [4.69, 9.17) is 0 Å². The Balaban J connectivity index is 1.44. The van der Waals surface area contributed by atoms with Crippen molar-refractivity contribution in [2.24, 2.45) is 34.5 Å². The molecule has 4 heteroatoms. The lowest BCUT2D eigenvalue weighted by Crippen LogP contribution is -2.54. The molecule has 1 aromatic rings. The number of alkyl halides is 2. The van der Waals surface area contributed by atoms with Crippen LogP contribution in [0.5, 0.6) is 0 Å². The molecule has 0 N–H and O–H groups in total. The van der Waals surface area contributed by atoms with E-state index in [1.165, 1.54) is 18.5 Å². The van der Waals surface area contributed by atoms with E-state index < -0.39 is 5.92 Å². The number of nitrogens with zero attached hydrogens (tertiary/aromatic N) is 2. The highest BCUT2D eigenvalue weighted by Crippen LogP contribution is 2.67. The topological polar surface area (TPSA) is 17.8 Å². The van der Waals surface area contributed by atoms with Crippen molar-refractivity contribution < 1.29 is 8.78 Å². The number of hydrogen-bond acceptors (Lipinski definition) is 1. The Labute approximate surface area is 155 Å². The predicted molar refractivity (Wildman–Crippen MR) is 98.6 cm³/mol. The van der Waals surface area contributed by atoms with Crippen LogP contribution in [0.4, 0.5) is 8.78 Å². The van der Waals surface area contributed by atoms with Crippen molar-refractivity contribution in [2.75, 3.05) is 0 Å². The van der Waals surface area contributed by atoms with Gasteiger partial charge in [0.15, 0.2) is 0 Å². The van der Waals surface area contributed by atoms with Crippen LogP contribution in [-0.4, -0.2) is 15.5 Å². The average Bonchev–Trinajstić information content (AvgIpc) is 3.22. The summed E-state index contributed by atoms with van der Waals surface area (Å²) in [4.78, 5) is 4.25. The number of fused-ring (bicyclic) bond motifs is 5. The molecule has 0 aliphatic heterocycles. The third kappa shape index (κ3) is 2.23. The van der Waals surface area contributed by atoms with Crippen LogP contribution in [-0.2, 0) is 0 Å². The summed E-state index contributed by atoms with van der Waals surface area (Å²) >= 11 is 0. The van der Waals surface area contributed by atoms with Crippen LogP contribution < -0.4 is 0 Å². The number of allylic oxidation sites excluding steroid dienone is 2. The van der Waals surface area contributed by atoms with E-state index in [1.54, 1.807) is 0 Å². The third-order valence-electron chi connectivity index (χ3n) is 8.96. The molecule has 0 amide bonds. The first-order valence-electron chi connectivity index (χ1n) is 10.4. The monoisotopic (exact) mass is 360 g/mol. The average molecular weight is 360 g/mol. The quantitative estimate of drug-likeness (QED) is 0.599. The molecule has 3 saturated carbocycles. The normalized spacial score (nSPS) is 46.8. The molecule has 0 saturated heterocycles. The van der Waals surface area contributed by atoms with Gasteiger partial charge in [-0.2, -0.15) is 0 Å². The van der Waals surface area contributed by atoms with Gasteiger partial charge in [-0.25, -0.2) is 13.8 Å². The zero-order valence-electron chi connectivity index (χ0n) is 15.9. The van der Waals surface area contributed by atoms with Gasteiger partial charge < -0.3 is 4.57 Å². The Morgan fingerprint density at radius 3 is 2.69 bits per heavy atom. The Morgan fingerprint density at radius 2 is 1.92 bits per heavy atom. The molecule has 142 valence electrons. The molecular weight excluding hydrogens is 330 g/mol. The largest absolute Gasteiger partial charge is 0.310 e. The number of imidazole rings is 1. The molecule has 1 aromatic heterocycles. The smallest absolute Gasteiger partial charge is 0.248 e. The van der Waals surface area contributed by atoms with Crippen LogP contribution in [0.2, 0.25) is 0 Å². The molecule has 4 aliphatic carbocycles. The summed E-state index contributed by atoms with van der Waals surface area (Å²) < 4.78 is 30.3. The number of rotatable bonds is 1. The molecule has 0 bridgehead atoms. The van der Waals surface area contributed by atoms with Crippen molar-refractivity contribution >= 4 is 5.70 Å². The Kier molecular flexibility index (Phi) is 3.53. The van der Waals surface area contributed by atoms with Crippen LogP contribution in [0.25, 0.3) is 5.70 Å². The van der Waals surface area contributed by atoms with Crippen molar-refractivity contribution in [3.05, 3.63) is 24.8 Å². The molecule has 0 radical (unpaired) electrons. The van der Waals surface area contributed by atoms with Gasteiger partial charge in [0, 0.05) is 36.3 Å². The predicted octanol–water partition coefficient (Wildman–Crippen LogP) is 6.01. The summed E-state index contributed by atoms with van der Waals surface area (Å²) in [6.45, 7) is 4.79. The minimum absolute atomic E-state index is 0.101. The van der Waals surface area contributed by atoms with Crippen molar-refractivity contribution in [1.82, 2.24) is 9.55 Å². The Morgan fingerprint density at radius 1 is 1.08 bits per heavy atom. The first-order valence-corrected chi connectivity index (χ1v) is 10.4. The van der Waals surface area contributed by atoms with Crippen LogP contribution >= 0.6 is 0 Å². The summed E-state index contributed by atoms with van der Waals surface area (Å²) in [6.07, 6.45) is 14.9. The fourth-order valence-corrected chi connectivity index (χ4v) is 7.52. The Hall–Kier alpha value is -1.19. The van der Waals surface area contributed by atoms with E-state index in [1.807, 2.05) is 12.5 Å². The molecule has 4 aliphatic rings. The van der Waals surface area contributed by atoms with E-state index in [9.17, 15) is 8.78 Å². The zero-order valence-corrected chi connectivity index (χ0v) is 15.9. The molecule has 0 spiro atoms. The highest BCUT2D eigenvalue weighted by atomic mass is 19.3. The molecule has 0 aromatic carbocycles. The summed E-state index contributed by atoms with van der Waals surface area (Å²) in [6, 6.07) is 0. The minimum Gasteiger partial charge on any atom is -0.310 e. The fraction of sp³-hybridized carbons (Fsp3) is 0.773. The molecule has 3 fully saturated rings. The maximum Gasteiger partial charge on any atom is 0.248 e. The van der Waals surface area contributed by atoms with Crippen LogP contribution in [0.1, 0.15) is 65.2 Å². The van der Waals surface area contributed by atoms with Crippen LogP contribution in [0.3, 0.4) is 0 Å². The molecule has 1 heterocycles. The third-order valence-corrected chi connectivity index (χ3v) is 8.96. The standard InChI is InChI=1S/C22H30F2N2/c1-20-9-10-22(23,24)13-15(20)3-4-16-17-5-6-19(26-12-11-25-14-26)21(17,2)8-7-18(16)20/h6,11-12,14-18H,3-5,7-10,13H2,1-2H3/t15?,16?,17?,18?,20-,21-/m0/s1. The molecule has 2 nitrogen and oxygen atoms in total. The summed E-state index contributed by atoms with van der Waals surface area (Å²) in [5.74, 6) is -0.216. The van der Waals surface area contributed by atoms with E-state index in [0.29, 0.717) is 17.8 Å².